The largest absolute Gasteiger partial charge is 0.350 e. The molecule has 3 rings (SSSR count). The third-order valence-corrected chi connectivity index (χ3v) is 7.22. The Kier molecular flexibility index (Phi) is 4.85. The van der Waals surface area contributed by atoms with Crippen molar-refractivity contribution in [2.75, 3.05) is 0 Å². The van der Waals surface area contributed by atoms with E-state index >= 15 is 0 Å². The number of amides is 1. The van der Waals surface area contributed by atoms with Gasteiger partial charge in [-0.25, -0.2) is 0 Å². The van der Waals surface area contributed by atoms with Gasteiger partial charge in [-0.1, -0.05) is 57.8 Å². The van der Waals surface area contributed by atoms with Crippen LogP contribution in [0.15, 0.2) is 18.2 Å². The molecule has 3 nitrogen and oxygen atoms in total. The Bertz CT molecular complexity index is 811. The van der Waals surface area contributed by atoms with Gasteiger partial charge in [0.25, 0.3) is 5.91 Å². The number of carbonyl (C=O) groups is 1. The van der Waals surface area contributed by atoms with Crippen molar-refractivity contribution in [1.82, 2.24) is 10.3 Å². The summed E-state index contributed by atoms with van der Waals surface area (Å²) in [5.41, 5.74) is 1.59. The quantitative estimate of drug-likeness (QED) is 0.667. The van der Waals surface area contributed by atoms with Crippen LogP contribution in [-0.4, -0.2) is 16.9 Å². The van der Waals surface area contributed by atoms with E-state index in [0.29, 0.717) is 33.5 Å². The Balaban J connectivity index is 1.82. The molecule has 1 unspecified atom stereocenters. The van der Waals surface area contributed by atoms with Gasteiger partial charge in [-0.15, -0.1) is 0 Å². The lowest BCUT2D eigenvalue weighted by Gasteiger charge is -2.49. The molecule has 1 saturated carbocycles. The molecule has 1 heterocycles. The van der Waals surface area contributed by atoms with Crippen molar-refractivity contribution in [2.24, 2.45) is 23.2 Å². The molecule has 2 aromatic rings. The predicted molar refractivity (Wildman–Crippen MR) is 105 cm³/mol. The highest BCUT2D eigenvalue weighted by atomic mass is 35.5. The van der Waals surface area contributed by atoms with Gasteiger partial charge >= 0.3 is 0 Å². The van der Waals surface area contributed by atoms with Gasteiger partial charge in [0.2, 0.25) is 0 Å². The van der Waals surface area contributed by atoms with Gasteiger partial charge in [-0.3, -0.25) is 4.79 Å². The first-order chi connectivity index (χ1) is 11.6. The predicted octanol–water partition coefficient (Wildman–Crippen LogP) is 5.91. The molecule has 1 aliphatic rings. The summed E-state index contributed by atoms with van der Waals surface area (Å²) >= 11 is 12.3. The maximum absolute atomic E-state index is 12.8. The first-order valence-corrected chi connectivity index (χ1v) is 9.65. The molecule has 5 heteroatoms. The minimum Gasteiger partial charge on any atom is -0.350 e. The number of fused-ring (bicyclic) bond motifs is 1. The number of hydrogen-bond acceptors (Lipinski definition) is 1. The van der Waals surface area contributed by atoms with E-state index in [9.17, 15) is 4.79 Å². The molecule has 0 spiro atoms. The number of aromatic amines is 1. The van der Waals surface area contributed by atoms with E-state index < -0.39 is 0 Å². The van der Waals surface area contributed by atoms with E-state index in [0.717, 1.165) is 17.3 Å². The molecule has 4 atom stereocenters. The highest BCUT2D eigenvalue weighted by Crippen LogP contribution is 2.47. The molecule has 1 aromatic carbocycles. The Morgan fingerprint density at radius 3 is 2.56 bits per heavy atom. The molecule has 136 valence electrons. The number of H-pyrrole nitrogens is 1. The second-order valence-electron chi connectivity index (χ2n) is 8.22. The average Bonchev–Trinajstić information content (AvgIpc) is 2.95. The summed E-state index contributed by atoms with van der Waals surface area (Å²) in [5.74, 6) is 1.44. The van der Waals surface area contributed by atoms with Gasteiger partial charge in [-0.05, 0) is 47.8 Å². The Hall–Kier alpha value is -1.19. The third-order valence-electron chi connectivity index (χ3n) is 6.69. The fourth-order valence-corrected chi connectivity index (χ4v) is 4.64. The Labute approximate surface area is 159 Å². The zero-order chi connectivity index (χ0) is 18.5. The number of aromatic nitrogens is 1. The molecule has 0 bridgehead atoms. The summed E-state index contributed by atoms with van der Waals surface area (Å²) in [4.78, 5) is 15.9. The molecular formula is C20H26Cl2N2O. The van der Waals surface area contributed by atoms with Crippen LogP contribution in [0.1, 0.15) is 51.5 Å². The highest BCUT2D eigenvalue weighted by Gasteiger charge is 2.44. The first kappa shape index (κ1) is 18.6. The zero-order valence-electron chi connectivity index (χ0n) is 15.4. The van der Waals surface area contributed by atoms with Crippen LogP contribution >= 0.6 is 23.2 Å². The van der Waals surface area contributed by atoms with Gasteiger partial charge < -0.3 is 10.3 Å². The Morgan fingerprint density at radius 1 is 1.20 bits per heavy atom. The summed E-state index contributed by atoms with van der Waals surface area (Å²) in [7, 11) is 0. The number of benzene rings is 1. The number of nitrogens with one attached hydrogen (secondary N) is 2. The van der Waals surface area contributed by atoms with Crippen LogP contribution in [0.3, 0.4) is 0 Å². The molecule has 0 aliphatic heterocycles. The van der Waals surface area contributed by atoms with Crippen LogP contribution in [0.4, 0.5) is 0 Å². The maximum Gasteiger partial charge on any atom is 0.267 e. The second kappa shape index (κ2) is 6.51. The molecule has 0 radical (unpaired) electrons. The van der Waals surface area contributed by atoms with Crippen molar-refractivity contribution in [3.05, 3.63) is 33.9 Å². The smallest absolute Gasteiger partial charge is 0.267 e. The lowest BCUT2D eigenvalue weighted by molar-refractivity contribution is 0.0155. The molecular weight excluding hydrogens is 355 g/mol. The summed E-state index contributed by atoms with van der Waals surface area (Å²) < 4.78 is 0. The minimum atomic E-state index is -0.0839. The maximum atomic E-state index is 12.8. The van der Waals surface area contributed by atoms with Crippen molar-refractivity contribution < 1.29 is 4.79 Å². The lowest BCUT2D eigenvalue weighted by Crippen LogP contribution is -2.52. The summed E-state index contributed by atoms with van der Waals surface area (Å²) in [5, 5.41) is 5.15. The van der Waals surface area contributed by atoms with Gasteiger partial charge in [0.1, 0.15) is 5.69 Å². The number of halogens is 2. The van der Waals surface area contributed by atoms with Crippen LogP contribution in [0.5, 0.6) is 0 Å². The van der Waals surface area contributed by atoms with Gasteiger partial charge in [0.05, 0.1) is 5.02 Å². The van der Waals surface area contributed by atoms with Crippen molar-refractivity contribution in [2.45, 2.75) is 47.1 Å². The van der Waals surface area contributed by atoms with E-state index in [1.165, 1.54) is 0 Å². The Morgan fingerprint density at radius 2 is 1.88 bits per heavy atom. The number of hydrogen-bond donors (Lipinski definition) is 2. The molecule has 1 amide bonds. The van der Waals surface area contributed by atoms with Crippen LogP contribution in [0.25, 0.3) is 10.9 Å². The standard InChI is InChI=1S/C20H26Cl2N2O/c1-10-6-16(11(2)12(3)20(10,4)5)24-19(25)18-9-14-15(22)7-13(21)8-17(14)23-18/h7-12,16,23H,6H2,1-5H3,(H,24,25)/t10-,11+,12+,16?/m1/s1. The van der Waals surface area contributed by atoms with Crippen LogP contribution < -0.4 is 5.32 Å². The number of carbonyl (C=O) groups excluding carboxylic acids is 1. The van der Waals surface area contributed by atoms with Crippen LogP contribution in [-0.2, 0) is 0 Å². The summed E-state index contributed by atoms with van der Waals surface area (Å²) in [6.07, 6.45) is 0.997. The van der Waals surface area contributed by atoms with E-state index in [1.807, 2.05) is 0 Å². The van der Waals surface area contributed by atoms with E-state index in [1.54, 1.807) is 18.2 Å². The van der Waals surface area contributed by atoms with Crippen LogP contribution in [0.2, 0.25) is 10.0 Å². The summed E-state index contributed by atoms with van der Waals surface area (Å²) in [6, 6.07) is 5.45. The van der Waals surface area contributed by atoms with E-state index in [2.05, 4.69) is 44.9 Å². The minimum absolute atomic E-state index is 0.0839. The SMILES string of the molecule is C[C@@H]1C(NC(=O)c2cc3c(Cl)cc(Cl)cc3[nH]2)C[C@@H](C)C(C)(C)[C@H]1C. The molecule has 1 aliphatic carbocycles. The fraction of sp³-hybridized carbons (Fsp3) is 0.550. The lowest BCUT2D eigenvalue weighted by atomic mass is 9.58. The van der Waals surface area contributed by atoms with Gasteiger partial charge in [-0.2, -0.15) is 0 Å². The van der Waals surface area contributed by atoms with Crippen molar-refractivity contribution in [3.8, 4) is 0 Å². The van der Waals surface area contributed by atoms with Gasteiger partial charge in [0.15, 0.2) is 0 Å². The molecule has 0 saturated heterocycles. The third kappa shape index (κ3) is 3.29. The number of rotatable bonds is 2. The van der Waals surface area contributed by atoms with Crippen LogP contribution in [0, 0.1) is 23.2 Å². The molecule has 1 aromatic heterocycles. The highest BCUT2D eigenvalue weighted by molar-refractivity contribution is 6.38. The fourth-order valence-electron chi connectivity index (χ4n) is 4.09. The van der Waals surface area contributed by atoms with E-state index in [-0.39, 0.29) is 17.4 Å². The second-order valence-corrected chi connectivity index (χ2v) is 9.06. The monoisotopic (exact) mass is 380 g/mol. The molecule has 2 N–H and O–H groups in total. The van der Waals surface area contributed by atoms with E-state index in [4.69, 9.17) is 23.2 Å². The van der Waals surface area contributed by atoms with Crippen molar-refractivity contribution in [3.63, 3.8) is 0 Å². The molecule has 1 fully saturated rings. The van der Waals surface area contributed by atoms with Gasteiger partial charge in [0, 0.05) is 22.0 Å². The average molecular weight is 381 g/mol. The first-order valence-electron chi connectivity index (χ1n) is 8.90. The van der Waals surface area contributed by atoms with Crippen molar-refractivity contribution >= 4 is 40.0 Å². The molecule has 25 heavy (non-hydrogen) atoms. The normalized spacial score (nSPS) is 28.9. The summed E-state index contributed by atoms with van der Waals surface area (Å²) in [6.45, 7) is 11.5. The van der Waals surface area contributed by atoms with Crippen molar-refractivity contribution in [1.29, 1.82) is 0 Å². The zero-order valence-corrected chi connectivity index (χ0v) is 16.9. The topological polar surface area (TPSA) is 44.9 Å².